The molecule has 3 rings (SSSR count). The molecule has 1 saturated carbocycles. The normalized spacial score (nSPS) is 60.3. The smallest absolute Gasteiger partial charge is 0.161 e. The molecule has 62 valence electrons. The molecule has 2 heterocycles. The summed E-state index contributed by atoms with van der Waals surface area (Å²) >= 11 is 0. The van der Waals surface area contributed by atoms with Gasteiger partial charge in [-0.1, -0.05) is 0 Å². The van der Waals surface area contributed by atoms with E-state index in [0.29, 0.717) is 11.8 Å². The van der Waals surface area contributed by atoms with Crippen molar-refractivity contribution in [3.63, 3.8) is 0 Å². The number of ether oxygens (including phenoxy) is 2. The van der Waals surface area contributed by atoms with E-state index < -0.39 is 0 Å². The van der Waals surface area contributed by atoms with E-state index in [0.717, 1.165) is 19.4 Å². The van der Waals surface area contributed by atoms with Gasteiger partial charge in [0.15, 0.2) is 6.29 Å². The Hall–Kier alpha value is -0.120. The van der Waals surface area contributed by atoms with Crippen LogP contribution in [0, 0.1) is 11.8 Å². The van der Waals surface area contributed by atoms with Crippen LogP contribution in [-0.4, -0.2) is 30.2 Å². The summed E-state index contributed by atoms with van der Waals surface area (Å²) in [7, 11) is 0. The third-order valence-electron chi connectivity index (χ3n) is 3.22. The number of fused-ring (bicyclic) bond motifs is 1. The zero-order valence-electron chi connectivity index (χ0n) is 6.27. The van der Waals surface area contributed by atoms with Crippen molar-refractivity contribution in [2.45, 2.75) is 31.3 Å². The van der Waals surface area contributed by atoms with Crippen molar-refractivity contribution < 1.29 is 14.6 Å². The monoisotopic (exact) mass is 156 g/mol. The predicted molar refractivity (Wildman–Crippen MR) is 36.8 cm³/mol. The molecular weight excluding hydrogens is 144 g/mol. The predicted octanol–water partition coefficient (Wildman–Crippen LogP) is 0.129. The van der Waals surface area contributed by atoms with Gasteiger partial charge < -0.3 is 14.6 Å². The van der Waals surface area contributed by atoms with Gasteiger partial charge in [0.2, 0.25) is 0 Å². The lowest BCUT2D eigenvalue weighted by molar-refractivity contribution is -0.146. The summed E-state index contributed by atoms with van der Waals surface area (Å²) in [6.07, 6.45) is 1.75. The molecule has 3 heteroatoms. The lowest BCUT2D eigenvalue weighted by atomic mass is 9.80. The quantitative estimate of drug-likeness (QED) is 0.541. The second kappa shape index (κ2) is 1.97. The average Bonchev–Trinajstić information content (AvgIpc) is 2.46. The maximum atomic E-state index is 9.54. The van der Waals surface area contributed by atoms with E-state index in [-0.39, 0.29) is 18.5 Å². The Morgan fingerprint density at radius 1 is 1.27 bits per heavy atom. The van der Waals surface area contributed by atoms with E-state index in [1.165, 1.54) is 0 Å². The second-order valence-electron chi connectivity index (χ2n) is 3.84. The summed E-state index contributed by atoms with van der Waals surface area (Å²) in [4.78, 5) is 0. The van der Waals surface area contributed by atoms with E-state index in [1.54, 1.807) is 0 Å². The van der Waals surface area contributed by atoms with Crippen LogP contribution >= 0.6 is 0 Å². The van der Waals surface area contributed by atoms with E-state index in [1.807, 2.05) is 0 Å². The van der Waals surface area contributed by atoms with E-state index in [9.17, 15) is 5.11 Å². The summed E-state index contributed by atoms with van der Waals surface area (Å²) in [6, 6.07) is 0. The molecule has 2 saturated heterocycles. The zero-order chi connectivity index (χ0) is 7.42. The van der Waals surface area contributed by atoms with Crippen molar-refractivity contribution in [1.82, 2.24) is 0 Å². The summed E-state index contributed by atoms with van der Waals surface area (Å²) in [5, 5.41) is 9.54. The summed E-state index contributed by atoms with van der Waals surface area (Å²) in [5.41, 5.74) is 0. The van der Waals surface area contributed by atoms with Crippen molar-refractivity contribution in [2.75, 3.05) is 6.61 Å². The molecule has 2 bridgehead atoms. The van der Waals surface area contributed by atoms with Crippen LogP contribution in [0.5, 0.6) is 0 Å². The highest BCUT2D eigenvalue weighted by Gasteiger charge is 2.52. The molecule has 1 N–H and O–H groups in total. The third kappa shape index (κ3) is 0.736. The molecule has 3 aliphatic rings. The van der Waals surface area contributed by atoms with Crippen molar-refractivity contribution >= 4 is 0 Å². The first kappa shape index (κ1) is 6.40. The van der Waals surface area contributed by atoms with E-state index >= 15 is 0 Å². The Labute approximate surface area is 65.3 Å². The van der Waals surface area contributed by atoms with E-state index in [2.05, 4.69) is 0 Å². The van der Waals surface area contributed by atoms with Crippen LogP contribution in [0.3, 0.4) is 0 Å². The van der Waals surface area contributed by atoms with Gasteiger partial charge in [-0.05, 0) is 18.8 Å². The number of hydrogen-bond acceptors (Lipinski definition) is 3. The average molecular weight is 156 g/mol. The molecule has 0 aromatic carbocycles. The third-order valence-corrected chi connectivity index (χ3v) is 3.22. The maximum Gasteiger partial charge on any atom is 0.161 e. The van der Waals surface area contributed by atoms with Gasteiger partial charge in [-0.2, -0.15) is 0 Å². The van der Waals surface area contributed by atoms with Crippen molar-refractivity contribution in [3.8, 4) is 0 Å². The Kier molecular flexibility index (Phi) is 1.15. The summed E-state index contributed by atoms with van der Waals surface area (Å²) < 4.78 is 10.9. The fraction of sp³-hybridized carbons (Fsp3) is 1.00. The fourth-order valence-electron chi connectivity index (χ4n) is 2.58. The van der Waals surface area contributed by atoms with Gasteiger partial charge in [-0.15, -0.1) is 0 Å². The van der Waals surface area contributed by atoms with Gasteiger partial charge in [0.25, 0.3) is 0 Å². The lowest BCUT2D eigenvalue weighted by Gasteiger charge is -2.27. The first-order valence-electron chi connectivity index (χ1n) is 4.30. The Bertz CT molecular complexity index is 180. The molecule has 0 aromatic rings. The highest BCUT2D eigenvalue weighted by atomic mass is 16.7. The number of rotatable bonds is 0. The van der Waals surface area contributed by atoms with Crippen LogP contribution < -0.4 is 0 Å². The molecule has 1 unspecified atom stereocenters. The van der Waals surface area contributed by atoms with Gasteiger partial charge in [-0.3, -0.25) is 0 Å². The molecular formula is C8H12O3. The SMILES string of the molecule is O[C@H]1C[C@@H]2CO[C@@H]3OC1C[C@H]23. The molecule has 0 aromatic heterocycles. The van der Waals surface area contributed by atoms with Gasteiger partial charge in [-0.25, -0.2) is 0 Å². The molecule has 1 aliphatic carbocycles. The molecule has 3 fully saturated rings. The summed E-state index contributed by atoms with van der Waals surface area (Å²) in [6.45, 7) is 0.791. The number of hydrogen-bond donors (Lipinski definition) is 1. The van der Waals surface area contributed by atoms with Gasteiger partial charge in [0.05, 0.1) is 18.8 Å². The van der Waals surface area contributed by atoms with E-state index in [4.69, 9.17) is 9.47 Å². The molecule has 0 amide bonds. The van der Waals surface area contributed by atoms with Crippen molar-refractivity contribution in [3.05, 3.63) is 0 Å². The van der Waals surface area contributed by atoms with Crippen LogP contribution in [-0.2, 0) is 9.47 Å². The Balaban J connectivity index is 1.92. The van der Waals surface area contributed by atoms with Crippen LogP contribution in [0.4, 0.5) is 0 Å². The molecule has 0 spiro atoms. The number of aliphatic hydroxyl groups is 1. The maximum absolute atomic E-state index is 9.54. The van der Waals surface area contributed by atoms with Crippen molar-refractivity contribution in [2.24, 2.45) is 11.8 Å². The largest absolute Gasteiger partial charge is 0.390 e. The Morgan fingerprint density at radius 2 is 2.18 bits per heavy atom. The molecule has 0 radical (unpaired) electrons. The minimum atomic E-state index is -0.231. The second-order valence-corrected chi connectivity index (χ2v) is 3.84. The Morgan fingerprint density at radius 3 is 3.09 bits per heavy atom. The standard InChI is InChI=1S/C8H12O3/c9-6-1-4-3-10-8-5(4)2-7(6)11-8/h4-9H,1-3H2/t4-,5-,6+,7?,8-/m1/s1. The highest BCUT2D eigenvalue weighted by Crippen LogP contribution is 2.46. The first-order chi connectivity index (χ1) is 5.34. The van der Waals surface area contributed by atoms with Crippen LogP contribution in [0.1, 0.15) is 12.8 Å². The van der Waals surface area contributed by atoms with Crippen LogP contribution in [0.15, 0.2) is 0 Å². The minimum Gasteiger partial charge on any atom is -0.390 e. The fourth-order valence-corrected chi connectivity index (χ4v) is 2.58. The lowest BCUT2D eigenvalue weighted by Crippen LogP contribution is -2.34. The van der Waals surface area contributed by atoms with Gasteiger partial charge >= 0.3 is 0 Å². The molecule has 11 heavy (non-hydrogen) atoms. The van der Waals surface area contributed by atoms with Crippen LogP contribution in [0.25, 0.3) is 0 Å². The molecule has 3 nitrogen and oxygen atoms in total. The van der Waals surface area contributed by atoms with Gasteiger partial charge in [0.1, 0.15) is 0 Å². The minimum absolute atomic E-state index is 0.0159. The van der Waals surface area contributed by atoms with Crippen LogP contribution in [0.2, 0.25) is 0 Å². The molecule has 2 aliphatic heterocycles. The topological polar surface area (TPSA) is 38.7 Å². The zero-order valence-corrected chi connectivity index (χ0v) is 6.27. The number of aliphatic hydroxyl groups excluding tert-OH is 1. The van der Waals surface area contributed by atoms with Crippen molar-refractivity contribution in [1.29, 1.82) is 0 Å². The molecule has 5 atom stereocenters. The first-order valence-corrected chi connectivity index (χ1v) is 4.30. The summed E-state index contributed by atoms with van der Waals surface area (Å²) in [5.74, 6) is 1.15. The van der Waals surface area contributed by atoms with Gasteiger partial charge in [0, 0.05) is 5.92 Å². The highest BCUT2D eigenvalue weighted by molar-refractivity contribution is 4.96.